The van der Waals surface area contributed by atoms with E-state index >= 15 is 0 Å². The van der Waals surface area contributed by atoms with E-state index in [9.17, 15) is 19.5 Å². The summed E-state index contributed by atoms with van der Waals surface area (Å²) in [6.45, 7) is 2.11. The number of aldehydes is 1. The Bertz CT molecular complexity index is 621. The van der Waals surface area contributed by atoms with Crippen molar-refractivity contribution < 1.29 is 19.5 Å². The Kier molecular flexibility index (Phi) is 3.22. The lowest BCUT2D eigenvalue weighted by Crippen LogP contribution is -2.54. The topological polar surface area (TPSA) is 71.4 Å². The van der Waals surface area contributed by atoms with Gasteiger partial charge in [0.15, 0.2) is 5.78 Å². The highest BCUT2D eigenvalue weighted by Gasteiger charge is 2.61. The van der Waals surface area contributed by atoms with Crippen LogP contribution in [0.3, 0.4) is 0 Å². The van der Waals surface area contributed by atoms with Gasteiger partial charge in [-0.2, -0.15) is 0 Å². The molecule has 0 bridgehead atoms. The van der Waals surface area contributed by atoms with Gasteiger partial charge in [0.2, 0.25) is 0 Å². The van der Waals surface area contributed by atoms with E-state index in [0.717, 1.165) is 44.0 Å². The van der Waals surface area contributed by atoms with Crippen LogP contribution in [0.25, 0.3) is 0 Å². The molecule has 6 atom stereocenters. The SMILES string of the molecule is C[C@]12CC[C@@H]3[C@@H](CCC4=CC(O)C(=O)C[C@@]43C=O)[C@@H]1CCC2=O. The van der Waals surface area contributed by atoms with Crippen LogP contribution >= 0.6 is 0 Å². The summed E-state index contributed by atoms with van der Waals surface area (Å²) >= 11 is 0. The van der Waals surface area contributed by atoms with Crippen LogP contribution < -0.4 is 0 Å². The number of ketones is 2. The molecule has 4 aliphatic carbocycles. The molecule has 4 aliphatic rings. The highest BCUT2D eigenvalue weighted by Crippen LogP contribution is 2.63. The van der Waals surface area contributed by atoms with Crippen LogP contribution in [-0.2, 0) is 14.4 Å². The maximum atomic E-state index is 12.4. The van der Waals surface area contributed by atoms with Gasteiger partial charge in [-0.15, -0.1) is 0 Å². The number of carbonyl (C=O) groups excluding carboxylic acids is 3. The summed E-state index contributed by atoms with van der Waals surface area (Å²) in [6.07, 6.45) is 6.72. The van der Waals surface area contributed by atoms with Crippen molar-refractivity contribution in [3.8, 4) is 0 Å². The Morgan fingerprint density at radius 1 is 1.17 bits per heavy atom. The predicted molar refractivity (Wildman–Crippen MR) is 83.5 cm³/mol. The highest BCUT2D eigenvalue weighted by atomic mass is 16.3. The van der Waals surface area contributed by atoms with Crippen LogP contribution in [-0.4, -0.2) is 29.1 Å². The molecule has 3 saturated carbocycles. The maximum Gasteiger partial charge on any atom is 0.166 e. The standard InChI is InChI=1S/C19H24O4/c1-18-7-6-14-12(13(18)4-5-17(18)23)3-2-11-8-15(21)16(22)9-19(11,14)10-20/h8,10,12-15,21H,2-7,9H2,1H3/t12-,13-,14+,15?,18-,19+/m0/s1. The minimum atomic E-state index is -1.04. The van der Waals surface area contributed by atoms with E-state index in [0.29, 0.717) is 24.0 Å². The largest absolute Gasteiger partial charge is 0.381 e. The zero-order valence-electron chi connectivity index (χ0n) is 13.6. The van der Waals surface area contributed by atoms with Gasteiger partial charge >= 0.3 is 0 Å². The molecule has 4 heteroatoms. The Morgan fingerprint density at radius 3 is 2.70 bits per heavy atom. The second-order valence-electron chi connectivity index (χ2n) is 8.27. The van der Waals surface area contributed by atoms with Gasteiger partial charge in [-0.25, -0.2) is 0 Å². The number of aliphatic hydroxyl groups is 1. The van der Waals surface area contributed by atoms with Crippen molar-refractivity contribution in [2.75, 3.05) is 0 Å². The van der Waals surface area contributed by atoms with Gasteiger partial charge in [0.25, 0.3) is 0 Å². The molecule has 0 aromatic carbocycles. The average molecular weight is 316 g/mol. The summed E-state index contributed by atoms with van der Waals surface area (Å²) in [5.74, 6) is 1.01. The molecular formula is C19H24O4. The molecule has 0 saturated heterocycles. The first-order valence-electron chi connectivity index (χ1n) is 8.84. The van der Waals surface area contributed by atoms with Gasteiger partial charge in [0.05, 0.1) is 5.41 Å². The summed E-state index contributed by atoms with van der Waals surface area (Å²) in [4.78, 5) is 36.6. The van der Waals surface area contributed by atoms with E-state index in [4.69, 9.17) is 0 Å². The number of rotatable bonds is 1. The molecule has 0 aromatic rings. The van der Waals surface area contributed by atoms with Crippen molar-refractivity contribution in [1.82, 2.24) is 0 Å². The van der Waals surface area contributed by atoms with Crippen LogP contribution in [0.1, 0.15) is 51.9 Å². The summed E-state index contributed by atoms with van der Waals surface area (Å²) in [5, 5.41) is 9.86. The molecule has 0 aliphatic heterocycles. The van der Waals surface area contributed by atoms with Gasteiger partial charge in [0, 0.05) is 18.3 Å². The molecule has 1 unspecified atom stereocenters. The number of hydrogen-bond acceptors (Lipinski definition) is 4. The molecule has 4 nitrogen and oxygen atoms in total. The lowest BCUT2D eigenvalue weighted by molar-refractivity contribution is -0.142. The van der Waals surface area contributed by atoms with Gasteiger partial charge in [-0.3, -0.25) is 9.59 Å². The lowest BCUT2D eigenvalue weighted by atomic mass is 9.47. The molecule has 0 radical (unpaired) electrons. The quantitative estimate of drug-likeness (QED) is 0.595. The lowest BCUT2D eigenvalue weighted by Gasteiger charge is -2.55. The second-order valence-corrected chi connectivity index (χ2v) is 8.27. The van der Waals surface area contributed by atoms with Crippen molar-refractivity contribution in [1.29, 1.82) is 0 Å². The number of carbonyl (C=O) groups is 3. The molecule has 3 fully saturated rings. The maximum absolute atomic E-state index is 12.4. The number of fused-ring (bicyclic) bond motifs is 5. The van der Waals surface area contributed by atoms with Gasteiger partial charge < -0.3 is 9.90 Å². The Morgan fingerprint density at radius 2 is 1.96 bits per heavy atom. The molecular weight excluding hydrogens is 292 g/mol. The van der Waals surface area contributed by atoms with Crippen LogP contribution in [0, 0.1) is 28.6 Å². The van der Waals surface area contributed by atoms with E-state index in [1.54, 1.807) is 6.08 Å². The molecule has 23 heavy (non-hydrogen) atoms. The third-order valence-electron chi connectivity index (χ3n) is 7.52. The monoisotopic (exact) mass is 316 g/mol. The van der Waals surface area contributed by atoms with Crippen molar-refractivity contribution in [2.45, 2.75) is 58.0 Å². The fourth-order valence-corrected chi connectivity index (χ4v) is 6.26. The smallest absolute Gasteiger partial charge is 0.166 e. The normalized spacial score (nSPS) is 49.0. The minimum Gasteiger partial charge on any atom is -0.381 e. The van der Waals surface area contributed by atoms with Crippen molar-refractivity contribution in [2.24, 2.45) is 28.6 Å². The number of allylic oxidation sites excluding steroid dienone is 1. The summed E-state index contributed by atoms with van der Waals surface area (Å²) in [6, 6.07) is 0. The van der Waals surface area contributed by atoms with Crippen molar-refractivity contribution in [3.63, 3.8) is 0 Å². The molecule has 0 amide bonds. The first-order valence-corrected chi connectivity index (χ1v) is 8.84. The molecule has 0 heterocycles. The molecule has 0 aromatic heterocycles. The molecule has 4 rings (SSSR count). The van der Waals surface area contributed by atoms with Crippen LogP contribution in [0.5, 0.6) is 0 Å². The zero-order valence-corrected chi connectivity index (χ0v) is 13.6. The van der Waals surface area contributed by atoms with E-state index < -0.39 is 11.5 Å². The Labute approximate surface area is 136 Å². The Balaban J connectivity index is 1.75. The second kappa shape index (κ2) is 4.85. The number of Topliss-reactive ketones (excluding diaryl/α,β-unsaturated/α-hetero) is 2. The van der Waals surface area contributed by atoms with Crippen LogP contribution in [0.2, 0.25) is 0 Å². The first kappa shape index (κ1) is 15.3. The summed E-state index contributed by atoms with van der Waals surface area (Å²) in [5.41, 5.74) is 0.0328. The van der Waals surface area contributed by atoms with Crippen LogP contribution in [0.4, 0.5) is 0 Å². The first-order chi connectivity index (χ1) is 10.9. The van der Waals surface area contributed by atoms with E-state index in [1.807, 2.05) is 0 Å². The number of aliphatic hydroxyl groups excluding tert-OH is 1. The Hall–Kier alpha value is -1.29. The average Bonchev–Trinajstić information content (AvgIpc) is 2.84. The van der Waals surface area contributed by atoms with Crippen molar-refractivity contribution >= 4 is 17.9 Å². The van der Waals surface area contributed by atoms with Crippen molar-refractivity contribution in [3.05, 3.63) is 11.6 Å². The third kappa shape index (κ3) is 1.84. The van der Waals surface area contributed by atoms with Crippen LogP contribution in [0.15, 0.2) is 11.6 Å². The van der Waals surface area contributed by atoms with E-state index in [1.165, 1.54) is 0 Å². The summed E-state index contributed by atoms with van der Waals surface area (Å²) < 4.78 is 0. The molecule has 124 valence electrons. The molecule has 1 N–H and O–H groups in total. The highest BCUT2D eigenvalue weighted by molar-refractivity contribution is 5.92. The van der Waals surface area contributed by atoms with E-state index in [2.05, 4.69) is 6.92 Å². The fourth-order valence-electron chi connectivity index (χ4n) is 6.26. The molecule has 0 spiro atoms. The summed E-state index contributed by atoms with van der Waals surface area (Å²) in [7, 11) is 0. The van der Waals surface area contributed by atoms with E-state index in [-0.39, 0.29) is 23.5 Å². The zero-order chi connectivity index (χ0) is 16.4. The number of hydrogen-bond donors (Lipinski definition) is 1. The fraction of sp³-hybridized carbons (Fsp3) is 0.737. The van der Waals surface area contributed by atoms with Gasteiger partial charge in [-0.05, 0) is 55.9 Å². The van der Waals surface area contributed by atoms with Gasteiger partial charge in [-0.1, -0.05) is 12.5 Å². The van der Waals surface area contributed by atoms with Gasteiger partial charge in [0.1, 0.15) is 18.2 Å². The predicted octanol–water partition coefficient (Wildman–Crippen LogP) is 2.24. The minimum absolute atomic E-state index is 0.141. The third-order valence-corrected chi connectivity index (χ3v) is 7.52.